The van der Waals surface area contributed by atoms with Crippen LogP contribution in [0.4, 0.5) is 0 Å². The Labute approximate surface area is 226 Å². The predicted octanol–water partition coefficient (Wildman–Crippen LogP) is 8.01. The molecule has 1 aliphatic rings. The van der Waals surface area contributed by atoms with Gasteiger partial charge in [0.1, 0.15) is 10.6 Å². The molecule has 0 saturated carbocycles. The average Bonchev–Trinajstić information content (AvgIpc) is 2.87. The van der Waals surface area contributed by atoms with Crippen LogP contribution in [0, 0.1) is 19.1 Å². The van der Waals surface area contributed by atoms with Crippen molar-refractivity contribution in [3.63, 3.8) is 0 Å². The van der Waals surface area contributed by atoms with Gasteiger partial charge >= 0.3 is 0 Å². The largest absolute Gasteiger partial charge is 0.296 e. The van der Waals surface area contributed by atoms with Crippen LogP contribution in [-0.2, 0) is 0 Å². The van der Waals surface area contributed by atoms with Gasteiger partial charge in [-0.25, -0.2) is 5.73 Å². The second-order valence-corrected chi connectivity index (χ2v) is 11.9. The predicted molar refractivity (Wildman–Crippen MR) is 154 cm³/mol. The summed E-state index contributed by atoms with van der Waals surface area (Å²) in [6.07, 6.45) is 8.12. The van der Waals surface area contributed by atoms with Crippen molar-refractivity contribution in [3.05, 3.63) is 144 Å². The van der Waals surface area contributed by atoms with E-state index < -0.39 is 7.26 Å². The molecule has 0 amide bonds. The van der Waals surface area contributed by atoms with Gasteiger partial charge in [0.15, 0.2) is 7.26 Å². The average molecular weight is 569 g/mol. The summed E-state index contributed by atoms with van der Waals surface area (Å²) in [5.74, 6) is 3.05. The first-order chi connectivity index (χ1) is 16.0. The Morgan fingerprint density at radius 3 is 1.68 bits per heavy atom. The second-order valence-electron chi connectivity index (χ2n) is 8.66. The number of hydrogen-bond donors (Lipinski definition) is 0. The Balaban J connectivity index is 0.000000379. The first-order valence-corrected chi connectivity index (χ1v) is 13.4. The van der Waals surface area contributed by atoms with E-state index in [1.54, 1.807) is 0 Å². The first kappa shape index (κ1) is 27.9. The van der Waals surface area contributed by atoms with Crippen LogP contribution in [-0.4, -0.2) is 23.9 Å². The minimum absolute atomic E-state index is 0. The SMILES string of the molecule is CC(C)c1[c]c(C(C)C)ccc1.[CH+]=C[P+](C1=C=C[CH-]C=C1)(c1ccccc1)c1ccccc1.[HH].[Sn]. The van der Waals surface area contributed by atoms with Gasteiger partial charge in [-0.05, 0) is 53.3 Å². The maximum Gasteiger partial charge on any atom is 0.296 e. The maximum absolute atomic E-state index is 6.21. The van der Waals surface area contributed by atoms with E-state index in [0.29, 0.717) is 11.8 Å². The van der Waals surface area contributed by atoms with E-state index in [1.807, 2.05) is 30.4 Å². The van der Waals surface area contributed by atoms with Crippen LogP contribution in [0.2, 0.25) is 0 Å². The van der Waals surface area contributed by atoms with Crippen molar-refractivity contribution >= 4 is 41.8 Å². The van der Waals surface area contributed by atoms with Gasteiger partial charge in [0.2, 0.25) is 6.58 Å². The van der Waals surface area contributed by atoms with Gasteiger partial charge < -0.3 is 0 Å². The molecule has 0 nitrogen and oxygen atoms in total. The van der Waals surface area contributed by atoms with Crippen molar-refractivity contribution in [2.24, 2.45) is 0 Å². The molecule has 0 saturated heterocycles. The molecule has 0 bridgehead atoms. The fourth-order valence-corrected chi connectivity index (χ4v) is 7.03. The first-order valence-electron chi connectivity index (χ1n) is 11.5. The van der Waals surface area contributed by atoms with Crippen LogP contribution in [0.5, 0.6) is 0 Å². The van der Waals surface area contributed by atoms with Crippen LogP contribution in [0.1, 0.15) is 52.1 Å². The second kappa shape index (κ2) is 13.5. The molecule has 0 aliphatic heterocycles. The molecule has 0 aromatic heterocycles. The zero-order chi connectivity index (χ0) is 23.7. The van der Waals surface area contributed by atoms with E-state index in [-0.39, 0.29) is 25.3 Å². The Morgan fingerprint density at radius 1 is 0.794 bits per heavy atom. The Hall–Kier alpha value is -2.33. The number of benzene rings is 3. The number of hydrogen-bond acceptors (Lipinski definition) is 0. The zero-order valence-corrected chi connectivity index (χ0v) is 24.3. The molecule has 0 fully saturated rings. The summed E-state index contributed by atoms with van der Waals surface area (Å²) < 4.78 is 0. The molecule has 3 aromatic carbocycles. The van der Waals surface area contributed by atoms with E-state index in [0.717, 1.165) is 5.31 Å². The third-order valence-corrected chi connectivity index (χ3v) is 9.42. The van der Waals surface area contributed by atoms with Crippen molar-refractivity contribution in [2.75, 3.05) is 0 Å². The third-order valence-electron chi connectivity index (χ3n) is 5.71. The van der Waals surface area contributed by atoms with Crippen LogP contribution in [0.3, 0.4) is 0 Å². The summed E-state index contributed by atoms with van der Waals surface area (Å²) in [5.41, 5.74) is 6.04. The van der Waals surface area contributed by atoms with Crippen molar-refractivity contribution < 1.29 is 1.43 Å². The quantitative estimate of drug-likeness (QED) is 0.122. The maximum atomic E-state index is 6.21. The minimum Gasteiger partial charge on any atom is -0.239 e. The molecule has 3 aromatic rings. The van der Waals surface area contributed by atoms with E-state index in [4.69, 9.17) is 6.58 Å². The summed E-state index contributed by atoms with van der Waals surface area (Å²) in [4.78, 5) is 0. The molecular weight excluding hydrogens is 534 g/mol. The van der Waals surface area contributed by atoms with E-state index in [1.165, 1.54) is 21.7 Å². The molecule has 171 valence electrons. The molecule has 0 atom stereocenters. The molecule has 34 heavy (non-hydrogen) atoms. The molecular formula is C32H35PSn+. The van der Waals surface area contributed by atoms with Crippen molar-refractivity contribution in [3.8, 4) is 0 Å². The normalized spacial score (nSPS) is 12.2. The Kier molecular flexibility index (Phi) is 11.1. The van der Waals surface area contributed by atoms with Gasteiger partial charge in [-0.15, -0.1) is 12.2 Å². The Bertz CT molecular complexity index is 1080. The monoisotopic (exact) mass is 570 g/mol. The van der Waals surface area contributed by atoms with Crippen LogP contribution in [0.25, 0.3) is 0 Å². The van der Waals surface area contributed by atoms with E-state index >= 15 is 0 Å². The Morgan fingerprint density at radius 2 is 1.29 bits per heavy atom. The molecule has 0 spiro atoms. The van der Waals surface area contributed by atoms with Gasteiger partial charge in [-0.3, -0.25) is 0 Å². The van der Waals surface area contributed by atoms with E-state index in [9.17, 15) is 0 Å². The summed E-state index contributed by atoms with van der Waals surface area (Å²) in [6, 6.07) is 30.8. The number of allylic oxidation sites excluding steroid dienone is 3. The molecule has 5 radical (unpaired) electrons. The van der Waals surface area contributed by atoms with Gasteiger partial charge in [-0.1, -0.05) is 82.3 Å². The molecule has 2 heteroatoms. The minimum atomic E-state index is -1.94. The van der Waals surface area contributed by atoms with Crippen molar-refractivity contribution in [1.82, 2.24) is 0 Å². The molecule has 4 rings (SSSR count). The van der Waals surface area contributed by atoms with Gasteiger partial charge in [0, 0.05) is 30.6 Å². The van der Waals surface area contributed by atoms with Crippen LogP contribution >= 0.6 is 7.26 Å². The third kappa shape index (κ3) is 6.62. The smallest absolute Gasteiger partial charge is 0.239 e. The fourth-order valence-electron chi connectivity index (χ4n) is 3.79. The van der Waals surface area contributed by atoms with E-state index in [2.05, 4.69) is 118 Å². The summed E-state index contributed by atoms with van der Waals surface area (Å²) in [7, 11) is -1.94. The summed E-state index contributed by atoms with van der Waals surface area (Å²) in [6.45, 7) is 15.0. The molecule has 1 aliphatic carbocycles. The fraction of sp³-hybridized carbons (Fsp3) is 0.188. The van der Waals surface area contributed by atoms with Crippen LogP contribution in [0.15, 0.2) is 114 Å². The van der Waals surface area contributed by atoms with Crippen molar-refractivity contribution in [1.29, 1.82) is 0 Å². The zero-order valence-electron chi connectivity index (χ0n) is 20.6. The summed E-state index contributed by atoms with van der Waals surface area (Å²) in [5, 5.41) is 3.66. The van der Waals surface area contributed by atoms with Gasteiger partial charge in [0.25, 0.3) is 5.82 Å². The topological polar surface area (TPSA) is 0 Å². The standard InChI is InChI=1S/C20H16P.C12H17.Sn.H2/c1-2-21(18-12-6-3-7-13-18,19-14-8-4-9-15-19)20-16-10-5-11-17-20;1-9(2)11-6-5-7-12(8-11)10(3)4;;/h1-16H;5-7,9-10H,1-4H3;;1H/q+1;;;. The van der Waals surface area contributed by atoms with Gasteiger partial charge in [-0.2, -0.15) is 12.5 Å². The number of rotatable bonds is 6. The summed E-state index contributed by atoms with van der Waals surface area (Å²) >= 11 is 0. The molecule has 0 N–H and O–H groups in total. The van der Waals surface area contributed by atoms with Gasteiger partial charge in [0.05, 0.1) is 0 Å². The molecule has 0 heterocycles. The van der Waals surface area contributed by atoms with Crippen molar-refractivity contribution in [2.45, 2.75) is 39.5 Å². The van der Waals surface area contributed by atoms with Crippen LogP contribution < -0.4 is 10.6 Å². The molecule has 0 unspecified atom stereocenters.